The molecule has 1 atom stereocenters. The van der Waals surface area contributed by atoms with Gasteiger partial charge in [-0.2, -0.15) is 5.26 Å². The molecular formula is C14H15N3O2S. The number of nitrogens with zero attached hydrogens (tertiary/aromatic N) is 2. The molecule has 1 fully saturated rings. The first-order valence-electron chi connectivity index (χ1n) is 6.31. The molecule has 1 aromatic carbocycles. The molecule has 1 N–H and O–H groups in total. The van der Waals surface area contributed by atoms with E-state index in [1.807, 2.05) is 19.1 Å². The van der Waals surface area contributed by atoms with Crippen LogP contribution < -0.4 is 5.32 Å². The summed E-state index contributed by atoms with van der Waals surface area (Å²) >= 11 is 1.24. The predicted molar refractivity (Wildman–Crippen MR) is 77.1 cm³/mol. The van der Waals surface area contributed by atoms with Crippen LogP contribution in [-0.4, -0.2) is 34.9 Å². The molecule has 0 bridgehead atoms. The van der Waals surface area contributed by atoms with Crippen LogP contribution in [0.2, 0.25) is 0 Å². The Kier molecular flexibility index (Phi) is 4.64. The molecule has 1 aromatic rings. The Morgan fingerprint density at radius 3 is 2.75 bits per heavy atom. The van der Waals surface area contributed by atoms with E-state index in [1.165, 1.54) is 11.8 Å². The van der Waals surface area contributed by atoms with Crippen molar-refractivity contribution < 1.29 is 9.59 Å². The van der Waals surface area contributed by atoms with Gasteiger partial charge >= 0.3 is 0 Å². The summed E-state index contributed by atoms with van der Waals surface area (Å²) in [6.45, 7) is 2.61. The van der Waals surface area contributed by atoms with Gasteiger partial charge in [0.05, 0.1) is 17.7 Å². The number of hydrogen-bond donors (Lipinski definition) is 1. The van der Waals surface area contributed by atoms with Gasteiger partial charge in [-0.1, -0.05) is 23.9 Å². The highest BCUT2D eigenvalue weighted by molar-refractivity contribution is 8.13. The van der Waals surface area contributed by atoms with Crippen LogP contribution in [-0.2, 0) is 4.79 Å². The molecule has 2 rings (SSSR count). The number of hydrogen-bond acceptors (Lipinski definition) is 4. The Hall–Kier alpha value is -2.00. The van der Waals surface area contributed by atoms with E-state index in [2.05, 4.69) is 11.4 Å². The summed E-state index contributed by atoms with van der Waals surface area (Å²) in [4.78, 5) is 24.8. The van der Waals surface area contributed by atoms with E-state index in [1.54, 1.807) is 17.0 Å². The summed E-state index contributed by atoms with van der Waals surface area (Å²) in [5.41, 5.74) is 1.52. The Morgan fingerprint density at radius 2 is 2.20 bits per heavy atom. The van der Waals surface area contributed by atoms with Crippen molar-refractivity contribution in [3.8, 4) is 6.07 Å². The summed E-state index contributed by atoms with van der Waals surface area (Å²) in [6.07, 6.45) is 0. The molecule has 20 heavy (non-hydrogen) atoms. The summed E-state index contributed by atoms with van der Waals surface area (Å²) in [7, 11) is 0. The molecule has 1 aliphatic rings. The second kappa shape index (κ2) is 6.44. The van der Waals surface area contributed by atoms with Crippen molar-refractivity contribution in [2.45, 2.75) is 13.0 Å². The molecule has 0 spiro atoms. The highest BCUT2D eigenvalue weighted by Crippen LogP contribution is 2.17. The van der Waals surface area contributed by atoms with Gasteiger partial charge in [-0.15, -0.1) is 0 Å². The number of benzene rings is 1. The number of nitrogens with one attached hydrogen (secondary N) is 1. The van der Waals surface area contributed by atoms with E-state index in [0.717, 1.165) is 11.3 Å². The van der Waals surface area contributed by atoms with Crippen LogP contribution >= 0.6 is 11.8 Å². The van der Waals surface area contributed by atoms with Gasteiger partial charge in [-0.25, -0.2) is 0 Å². The normalized spacial score (nSPS) is 15.8. The average Bonchev–Trinajstić information content (AvgIpc) is 2.84. The van der Waals surface area contributed by atoms with Crippen molar-refractivity contribution in [3.05, 3.63) is 35.4 Å². The SMILES string of the molecule is C[C@@H](NC(=O)CN1CCSC1=O)c1ccc(C#N)cc1. The molecule has 2 amide bonds. The van der Waals surface area contributed by atoms with Gasteiger partial charge in [0.1, 0.15) is 6.54 Å². The van der Waals surface area contributed by atoms with Gasteiger partial charge < -0.3 is 10.2 Å². The molecule has 5 nitrogen and oxygen atoms in total. The van der Waals surface area contributed by atoms with Crippen molar-refractivity contribution in [1.29, 1.82) is 5.26 Å². The largest absolute Gasteiger partial charge is 0.348 e. The van der Waals surface area contributed by atoms with Crippen LogP contribution in [0.1, 0.15) is 24.1 Å². The zero-order valence-electron chi connectivity index (χ0n) is 11.1. The van der Waals surface area contributed by atoms with Crippen LogP contribution in [0.25, 0.3) is 0 Å². The third-order valence-corrected chi connectivity index (χ3v) is 3.99. The van der Waals surface area contributed by atoms with Gasteiger partial charge in [-0.05, 0) is 24.6 Å². The lowest BCUT2D eigenvalue weighted by atomic mass is 10.1. The third kappa shape index (κ3) is 3.52. The van der Waals surface area contributed by atoms with Gasteiger partial charge in [-0.3, -0.25) is 9.59 Å². The molecule has 104 valence electrons. The first-order chi connectivity index (χ1) is 9.60. The van der Waals surface area contributed by atoms with Crippen LogP contribution in [0.15, 0.2) is 24.3 Å². The van der Waals surface area contributed by atoms with Crippen molar-refractivity contribution in [2.75, 3.05) is 18.8 Å². The quantitative estimate of drug-likeness (QED) is 0.919. The lowest BCUT2D eigenvalue weighted by molar-refractivity contribution is -0.122. The van der Waals surface area contributed by atoms with E-state index in [9.17, 15) is 9.59 Å². The molecule has 0 unspecified atom stereocenters. The van der Waals surface area contributed by atoms with Crippen LogP contribution in [0.3, 0.4) is 0 Å². The smallest absolute Gasteiger partial charge is 0.282 e. The third-order valence-electron chi connectivity index (χ3n) is 3.10. The second-order valence-corrected chi connectivity index (χ2v) is 5.61. The van der Waals surface area contributed by atoms with Crippen molar-refractivity contribution in [1.82, 2.24) is 10.2 Å². The lowest BCUT2D eigenvalue weighted by Gasteiger charge is -2.18. The van der Waals surface area contributed by atoms with Crippen molar-refractivity contribution >= 4 is 22.9 Å². The number of carbonyl (C=O) groups excluding carboxylic acids is 2. The van der Waals surface area contributed by atoms with Crippen molar-refractivity contribution in [3.63, 3.8) is 0 Å². The monoisotopic (exact) mass is 289 g/mol. The first-order valence-corrected chi connectivity index (χ1v) is 7.30. The minimum Gasteiger partial charge on any atom is -0.348 e. The maximum atomic E-state index is 11.9. The molecule has 0 saturated carbocycles. The summed E-state index contributed by atoms with van der Waals surface area (Å²) < 4.78 is 0. The maximum absolute atomic E-state index is 11.9. The standard InChI is InChI=1S/C14H15N3O2S/c1-10(12-4-2-11(8-15)3-5-12)16-13(18)9-17-6-7-20-14(17)19/h2-5,10H,6-7,9H2,1H3,(H,16,18)/t10-/m1/s1. The number of thioether (sulfide) groups is 1. The lowest BCUT2D eigenvalue weighted by Crippen LogP contribution is -2.38. The summed E-state index contributed by atoms with van der Waals surface area (Å²) in [5, 5.41) is 11.6. The van der Waals surface area contributed by atoms with Gasteiger partial charge in [0.15, 0.2) is 0 Å². The molecule has 0 radical (unpaired) electrons. The van der Waals surface area contributed by atoms with Crippen LogP contribution in [0.5, 0.6) is 0 Å². The Labute approximate surface area is 121 Å². The van der Waals surface area contributed by atoms with Gasteiger partial charge in [0.25, 0.3) is 5.24 Å². The van der Waals surface area contributed by atoms with E-state index in [0.29, 0.717) is 12.1 Å². The van der Waals surface area contributed by atoms with E-state index in [4.69, 9.17) is 5.26 Å². The molecule has 1 saturated heterocycles. The fourth-order valence-corrected chi connectivity index (χ4v) is 2.78. The zero-order valence-corrected chi connectivity index (χ0v) is 11.9. The summed E-state index contributed by atoms with van der Waals surface area (Å²) in [6, 6.07) is 8.98. The van der Waals surface area contributed by atoms with Crippen molar-refractivity contribution in [2.24, 2.45) is 0 Å². The minimum atomic E-state index is -0.169. The maximum Gasteiger partial charge on any atom is 0.282 e. The summed E-state index contributed by atoms with van der Waals surface area (Å²) in [5.74, 6) is 0.579. The molecule has 1 aliphatic heterocycles. The molecule has 0 aliphatic carbocycles. The Morgan fingerprint density at radius 1 is 1.50 bits per heavy atom. The topological polar surface area (TPSA) is 73.2 Å². The second-order valence-electron chi connectivity index (χ2n) is 4.56. The molecule has 1 heterocycles. The van der Waals surface area contributed by atoms with Crippen LogP contribution in [0.4, 0.5) is 4.79 Å². The van der Waals surface area contributed by atoms with Gasteiger partial charge in [0.2, 0.25) is 5.91 Å². The van der Waals surface area contributed by atoms with E-state index in [-0.39, 0.29) is 23.7 Å². The number of nitriles is 1. The predicted octanol–water partition coefficient (Wildman–Crippen LogP) is 1.90. The fourth-order valence-electron chi connectivity index (χ4n) is 1.96. The minimum absolute atomic E-state index is 0.0359. The van der Waals surface area contributed by atoms with Crippen LogP contribution in [0, 0.1) is 11.3 Å². The molecule has 6 heteroatoms. The fraction of sp³-hybridized carbons (Fsp3) is 0.357. The Bertz CT molecular complexity index is 551. The number of carbonyl (C=O) groups is 2. The highest BCUT2D eigenvalue weighted by atomic mass is 32.2. The van der Waals surface area contributed by atoms with Gasteiger partial charge in [0, 0.05) is 12.3 Å². The molecule has 0 aromatic heterocycles. The van der Waals surface area contributed by atoms with E-state index < -0.39 is 0 Å². The Balaban J connectivity index is 1.89. The molecular weight excluding hydrogens is 274 g/mol. The highest BCUT2D eigenvalue weighted by Gasteiger charge is 2.23. The average molecular weight is 289 g/mol. The zero-order chi connectivity index (χ0) is 14.5. The number of rotatable bonds is 4. The number of amides is 2. The first kappa shape index (κ1) is 14.4. The van der Waals surface area contributed by atoms with E-state index >= 15 is 0 Å².